The zero-order valence-electron chi connectivity index (χ0n) is 17.6. The van der Waals surface area contributed by atoms with E-state index in [1.807, 2.05) is 57.2 Å². The highest BCUT2D eigenvalue weighted by atomic mass is 32.2. The molecule has 0 amide bonds. The summed E-state index contributed by atoms with van der Waals surface area (Å²) in [5.41, 5.74) is 1.06. The van der Waals surface area contributed by atoms with E-state index in [9.17, 15) is 9.59 Å². The number of nitrogens with zero attached hydrogens (tertiary/aromatic N) is 5. The standard InChI is InChI=1S/C22H23N5O2S/c1-22(2,3)20-24-17-16(19(28)27(5)21(29)26(17)4)18(25-20)30-12-14-11-10-13-8-6-7-9-15(13)23-14/h6-11H,12H2,1-5H3. The zero-order chi connectivity index (χ0) is 21.6. The Morgan fingerprint density at radius 3 is 2.40 bits per heavy atom. The molecule has 154 valence electrons. The first-order valence-electron chi connectivity index (χ1n) is 9.62. The van der Waals surface area contributed by atoms with E-state index >= 15 is 0 Å². The summed E-state index contributed by atoms with van der Waals surface area (Å²) in [5, 5.41) is 2.01. The lowest BCUT2D eigenvalue weighted by atomic mass is 9.96. The van der Waals surface area contributed by atoms with Gasteiger partial charge in [0.25, 0.3) is 5.56 Å². The van der Waals surface area contributed by atoms with Crippen LogP contribution in [0.3, 0.4) is 0 Å². The zero-order valence-corrected chi connectivity index (χ0v) is 18.4. The Morgan fingerprint density at radius 1 is 0.933 bits per heavy atom. The molecule has 4 aromatic rings. The van der Waals surface area contributed by atoms with Crippen LogP contribution in [-0.4, -0.2) is 24.1 Å². The first-order valence-corrected chi connectivity index (χ1v) is 10.6. The van der Waals surface area contributed by atoms with Gasteiger partial charge in [-0.25, -0.2) is 14.8 Å². The van der Waals surface area contributed by atoms with Crippen LogP contribution in [0.25, 0.3) is 21.9 Å². The van der Waals surface area contributed by atoms with Gasteiger partial charge in [0.15, 0.2) is 5.65 Å². The molecule has 0 bridgehead atoms. The van der Waals surface area contributed by atoms with E-state index in [0.29, 0.717) is 27.6 Å². The first-order chi connectivity index (χ1) is 14.2. The predicted octanol–water partition coefficient (Wildman–Crippen LogP) is 3.17. The number of aromatic nitrogens is 5. The van der Waals surface area contributed by atoms with Crippen LogP contribution in [0.4, 0.5) is 0 Å². The fraction of sp³-hybridized carbons (Fsp3) is 0.318. The van der Waals surface area contributed by atoms with E-state index in [2.05, 4.69) is 4.98 Å². The maximum absolute atomic E-state index is 12.9. The summed E-state index contributed by atoms with van der Waals surface area (Å²) in [7, 11) is 3.10. The molecular formula is C22H23N5O2S. The van der Waals surface area contributed by atoms with Crippen molar-refractivity contribution in [3.63, 3.8) is 0 Å². The summed E-state index contributed by atoms with van der Waals surface area (Å²) >= 11 is 1.44. The van der Waals surface area contributed by atoms with Crippen LogP contribution in [0, 0.1) is 0 Å². The second-order valence-electron chi connectivity index (χ2n) is 8.29. The van der Waals surface area contributed by atoms with E-state index in [1.165, 1.54) is 23.4 Å². The van der Waals surface area contributed by atoms with Gasteiger partial charge in [-0.3, -0.25) is 18.9 Å². The average Bonchev–Trinajstić information content (AvgIpc) is 2.73. The van der Waals surface area contributed by atoms with Gasteiger partial charge < -0.3 is 0 Å². The van der Waals surface area contributed by atoms with Gasteiger partial charge >= 0.3 is 5.69 Å². The smallest absolute Gasteiger partial charge is 0.280 e. The lowest BCUT2D eigenvalue weighted by Crippen LogP contribution is -2.38. The molecule has 0 radical (unpaired) electrons. The van der Waals surface area contributed by atoms with Crippen LogP contribution < -0.4 is 11.2 Å². The van der Waals surface area contributed by atoms with Gasteiger partial charge in [0.05, 0.1) is 11.2 Å². The van der Waals surface area contributed by atoms with Crippen molar-refractivity contribution in [3.05, 3.63) is 68.8 Å². The Morgan fingerprint density at radius 2 is 1.67 bits per heavy atom. The topological polar surface area (TPSA) is 82.7 Å². The van der Waals surface area contributed by atoms with Gasteiger partial charge in [-0.15, -0.1) is 0 Å². The summed E-state index contributed by atoms with van der Waals surface area (Å²) in [6.45, 7) is 6.02. The molecule has 3 aromatic heterocycles. The summed E-state index contributed by atoms with van der Waals surface area (Å²) in [6.07, 6.45) is 0. The average molecular weight is 422 g/mol. The molecule has 1 aromatic carbocycles. The fourth-order valence-electron chi connectivity index (χ4n) is 3.20. The van der Waals surface area contributed by atoms with Crippen molar-refractivity contribution in [2.45, 2.75) is 37.0 Å². The third-order valence-corrected chi connectivity index (χ3v) is 5.96. The van der Waals surface area contributed by atoms with Crippen molar-refractivity contribution in [2.75, 3.05) is 0 Å². The number of aryl methyl sites for hydroxylation is 1. The molecule has 0 saturated carbocycles. The second kappa shape index (κ2) is 7.36. The minimum absolute atomic E-state index is 0.332. The summed E-state index contributed by atoms with van der Waals surface area (Å²) in [4.78, 5) is 39.3. The third kappa shape index (κ3) is 3.52. The number of benzene rings is 1. The molecule has 7 nitrogen and oxygen atoms in total. The number of pyridine rings is 1. The van der Waals surface area contributed by atoms with Crippen LogP contribution in [0.2, 0.25) is 0 Å². The summed E-state index contributed by atoms with van der Waals surface area (Å²) in [5.74, 6) is 1.14. The van der Waals surface area contributed by atoms with Crippen molar-refractivity contribution in [2.24, 2.45) is 14.1 Å². The van der Waals surface area contributed by atoms with Crippen molar-refractivity contribution < 1.29 is 0 Å². The minimum Gasteiger partial charge on any atom is -0.280 e. The maximum Gasteiger partial charge on any atom is 0.332 e. The fourth-order valence-corrected chi connectivity index (χ4v) is 4.12. The molecule has 8 heteroatoms. The first kappa shape index (κ1) is 20.3. The molecule has 0 N–H and O–H groups in total. The third-order valence-electron chi connectivity index (χ3n) is 4.95. The molecule has 0 unspecified atom stereocenters. The number of fused-ring (bicyclic) bond motifs is 2. The van der Waals surface area contributed by atoms with Crippen molar-refractivity contribution in [3.8, 4) is 0 Å². The molecular weight excluding hydrogens is 398 g/mol. The number of rotatable bonds is 3. The van der Waals surface area contributed by atoms with Crippen molar-refractivity contribution >= 4 is 33.7 Å². The molecule has 0 aliphatic rings. The maximum atomic E-state index is 12.9. The van der Waals surface area contributed by atoms with Gasteiger partial charge in [0, 0.05) is 30.6 Å². The van der Waals surface area contributed by atoms with Gasteiger partial charge in [-0.05, 0) is 12.1 Å². The van der Waals surface area contributed by atoms with Crippen LogP contribution in [0.15, 0.2) is 51.0 Å². The molecule has 0 saturated heterocycles. The SMILES string of the molecule is Cn1c(=O)c2c(SCc3ccc4ccccc4n3)nc(C(C)(C)C)nc2n(C)c1=O. The molecule has 0 aliphatic carbocycles. The van der Waals surface area contributed by atoms with E-state index in [0.717, 1.165) is 21.2 Å². The normalized spacial score (nSPS) is 12.0. The Bertz CT molecular complexity index is 1400. The van der Waals surface area contributed by atoms with Crippen LogP contribution in [-0.2, 0) is 25.3 Å². The molecule has 0 spiro atoms. The lowest BCUT2D eigenvalue weighted by molar-refractivity contribution is 0.539. The highest BCUT2D eigenvalue weighted by molar-refractivity contribution is 7.98. The number of thioether (sulfide) groups is 1. The quantitative estimate of drug-likeness (QED) is 0.373. The Labute approximate surface area is 177 Å². The van der Waals surface area contributed by atoms with E-state index in [-0.39, 0.29) is 11.0 Å². The monoisotopic (exact) mass is 421 g/mol. The predicted molar refractivity (Wildman–Crippen MR) is 120 cm³/mol. The Kier molecular flexibility index (Phi) is 4.97. The van der Waals surface area contributed by atoms with Crippen molar-refractivity contribution in [1.82, 2.24) is 24.1 Å². The summed E-state index contributed by atoms with van der Waals surface area (Å²) < 4.78 is 2.51. The highest BCUT2D eigenvalue weighted by Gasteiger charge is 2.23. The Hall–Kier alpha value is -3.00. The van der Waals surface area contributed by atoms with E-state index in [4.69, 9.17) is 9.97 Å². The van der Waals surface area contributed by atoms with Crippen molar-refractivity contribution in [1.29, 1.82) is 0 Å². The van der Waals surface area contributed by atoms with E-state index in [1.54, 1.807) is 7.05 Å². The minimum atomic E-state index is -0.404. The molecule has 30 heavy (non-hydrogen) atoms. The highest BCUT2D eigenvalue weighted by Crippen LogP contribution is 2.29. The van der Waals surface area contributed by atoms with Gasteiger partial charge in [-0.2, -0.15) is 0 Å². The van der Waals surface area contributed by atoms with Gasteiger partial charge in [-0.1, -0.05) is 56.8 Å². The summed E-state index contributed by atoms with van der Waals surface area (Å²) in [6, 6.07) is 12.0. The van der Waals surface area contributed by atoms with Crippen LogP contribution in [0.5, 0.6) is 0 Å². The lowest BCUT2D eigenvalue weighted by Gasteiger charge is -2.19. The van der Waals surface area contributed by atoms with Gasteiger partial charge in [0.2, 0.25) is 0 Å². The molecule has 0 fully saturated rings. The Balaban J connectivity index is 1.85. The van der Waals surface area contributed by atoms with E-state index < -0.39 is 5.69 Å². The molecule has 0 aliphatic heterocycles. The second-order valence-corrected chi connectivity index (χ2v) is 9.25. The number of hydrogen-bond donors (Lipinski definition) is 0. The van der Waals surface area contributed by atoms with Crippen LogP contribution >= 0.6 is 11.8 Å². The number of hydrogen-bond acceptors (Lipinski definition) is 6. The molecule has 3 heterocycles. The number of para-hydroxylation sites is 1. The molecule has 0 atom stereocenters. The molecule has 4 rings (SSSR count). The van der Waals surface area contributed by atoms with Gasteiger partial charge in [0.1, 0.15) is 16.2 Å². The van der Waals surface area contributed by atoms with Crippen LogP contribution in [0.1, 0.15) is 32.3 Å². The largest absolute Gasteiger partial charge is 0.332 e.